The highest BCUT2D eigenvalue weighted by atomic mass is 32.2. The summed E-state index contributed by atoms with van der Waals surface area (Å²) in [6.07, 6.45) is 0.345. The lowest BCUT2D eigenvalue weighted by Crippen LogP contribution is -2.40. The van der Waals surface area contributed by atoms with Gasteiger partial charge >= 0.3 is 5.97 Å². The highest BCUT2D eigenvalue weighted by molar-refractivity contribution is 8.13. The van der Waals surface area contributed by atoms with Crippen molar-refractivity contribution in [2.24, 2.45) is 5.92 Å². The minimum atomic E-state index is -0.992. The number of likely N-dealkylation sites (tertiary alicyclic amines) is 1. The van der Waals surface area contributed by atoms with E-state index in [0.29, 0.717) is 18.7 Å². The first-order valence-corrected chi connectivity index (χ1v) is 6.06. The highest BCUT2D eigenvalue weighted by Crippen LogP contribution is 2.23. The Balaban J connectivity index is 2.50. The molecule has 0 bridgehead atoms. The summed E-state index contributed by atoms with van der Waals surface area (Å²) in [5.74, 6) is -0.454. The number of nitrogens with zero attached hydrogens (tertiary/aromatic N) is 1. The molecule has 90 valence electrons. The molecular formula is C10H15NO4S. The number of carboxylic acid groups (broad SMARTS) is 1. The molecule has 2 atom stereocenters. The van der Waals surface area contributed by atoms with Crippen molar-refractivity contribution < 1.29 is 19.5 Å². The van der Waals surface area contributed by atoms with E-state index in [0.717, 1.165) is 0 Å². The normalized spacial score (nSPS) is 22.2. The topological polar surface area (TPSA) is 74.7 Å². The molecule has 1 unspecified atom stereocenters. The van der Waals surface area contributed by atoms with Crippen molar-refractivity contribution in [1.82, 2.24) is 4.90 Å². The molecule has 0 aromatic heterocycles. The summed E-state index contributed by atoms with van der Waals surface area (Å²) in [5, 5.41) is 8.84. The smallest absolute Gasteiger partial charge is 0.326 e. The van der Waals surface area contributed by atoms with Gasteiger partial charge in [0.05, 0.1) is 0 Å². The second-order valence-electron chi connectivity index (χ2n) is 3.93. The molecule has 0 aromatic carbocycles. The van der Waals surface area contributed by atoms with Gasteiger partial charge in [0.15, 0.2) is 5.12 Å². The number of amides is 1. The average Bonchev–Trinajstić information content (AvgIpc) is 2.55. The lowest BCUT2D eigenvalue weighted by Gasteiger charge is -2.20. The Morgan fingerprint density at radius 1 is 1.62 bits per heavy atom. The summed E-state index contributed by atoms with van der Waals surface area (Å²) in [6, 6.07) is -0.778. The Kier molecular flexibility index (Phi) is 4.35. The second kappa shape index (κ2) is 5.34. The molecule has 6 heteroatoms. The Morgan fingerprint density at radius 3 is 2.75 bits per heavy atom. The number of rotatable bonds is 4. The van der Waals surface area contributed by atoms with Gasteiger partial charge in [-0.15, -0.1) is 0 Å². The van der Waals surface area contributed by atoms with Gasteiger partial charge in [-0.1, -0.05) is 11.8 Å². The molecule has 1 fully saturated rings. The van der Waals surface area contributed by atoms with E-state index >= 15 is 0 Å². The number of carbonyl (C=O) groups is 3. The van der Waals surface area contributed by atoms with Crippen LogP contribution in [0.15, 0.2) is 0 Å². The first-order valence-electron chi connectivity index (χ1n) is 5.07. The Morgan fingerprint density at radius 2 is 2.25 bits per heavy atom. The largest absolute Gasteiger partial charge is 0.480 e. The van der Waals surface area contributed by atoms with E-state index < -0.39 is 12.0 Å². The maximum atomic E-state index is 11.5. The summed E-state index contributed by atoms with van der Waals surface area (Å²) in [5.41, 5.74) is 0. The Hall–Kier alpha value is -1.04. The van der Waals surface area contributed by atoms with Crippen molar-refractivity contribution in [2.45, 2.75) is 26.3 Å². The van der Waals surface area contributed by atoms with E-state index in [1.54, 1.807) is 0 Å². The molecule has 1 saturated heterocycles. The van der Waals surface area contributed by atoms with Crippen LogP contribution in [0.2, 0.25) is 0 Å². The fourth-order valence-corrected chi connectivity index (χ4v) is 2.36. The van der Waals surface area contributed by atoms with Gasteiger partial charge < -0.3 is 10.0 Å². The average molecular weight is 245 g/mol. The molecule has 0 radical (unpaired) electrons. The van der Waals surface area contributed by atoms with Gasteiger partial charge in [0.1, 0.15) is 6.04 Å². The zero-order valence-corrected chi connectivity index (χ0v) is 10.1. The molecule has 1 heterocycles. The van der Waals surface area contributed by atoms with E-state index in [2.05, 4.69) is 0 Å². The van der Waals surface area contributed by atoms with Gasteiger partial charge in [0.2, 0.25) is 5.91 Å². The van der Waals surface area contributed by atoms with Crippen LogP contribution in [0.1, 0.15) is 20.3 Å². The predicted octanol–water partition coefficient (Wildman–Crippen LogP) is 0.588. The van der Waals surface area contributed by atoms with Gasteiger partial charge in [-0.3, -0.25) is 9.59 Å². The summed E-state index contributed by atoms with van der Waals surface area (Å²) >= 11 is 1.19. The third-order valence-electron chi connectivity index (χ3n) is 2.59. The van der Waals surface area contributed by atoms with Crippen LogP contribution in [0.4, 0.5) is 0 Å². The molecule has 16 heavy (non-hydrogen) atoms. The molecule has 0 aliphatic carbocycles. The molecule has 0 saturated carbocycles. The predicted molar refractivity (Wildman–Crippen MR) is 60.1 cm³/mol. The Labute approximate surface area is 98.2 Å². The number of hydrogen-bond donors (Lipinski definition) is 1. The van der Waals surface area contributed by atoms with E-state index in [4.69, 9.17) is 5.11 Å². The van der Waals surface area contributed by atoms with Crippen molar-refractivity contribution in [2.75, 3.05) is 12.3 Å². The van der Waals surface area contributed by atoms with Crippen LogP contribution in [0.5, 0.6) is 0 Å². The van der Waals surface area contributed by atoms with E-state index in [1.807, 2.05) is 0 Å². The van der Waals surface area contributed by atoms with Crippen LogP contribution >= 0.6 is 11.8 Å². The van der Waals surface area contributed by atoms with Gasteiger partial charge in [0.25, 0.3) is 0 Å². The Bertz CT molecular complexity index is 318. The van der Waals surface area contributed by atoms with Gasteiger partial charge in [-0.2, -0.15) is 0 Å². The molecule has 0 aromatic rings. The monoisotopic (exact) mass is 245 g/mol. The molecular weight excluding hydrogens is 230 g/mol. The maximum Gasteiger partial charge on any atom is 0.326 e. The summed E-state index contributed by atoms with van der Waals surface area (Å²) in [7, 11) is 0. The molecule has 1 N–H and O–H groups in total. The number of carboxylic acids is 1. The van der Waals surface area contributed by atoms with Crippen molar-refractivity contribution in [3.8, 4) is 0 Å². The first kappa shape index (κ1) is 13.0. The van der Waals surface area contributed by atoms with Crippen molar-refractivity contribution in [3.05, 3.63) is 0 Å². The summed E-state index contributed by atoms with van der Waals surface area (Å²) < 4.78 is 0. The van der Waals surface area contributed by atoms with Crippen molar-refractivity contribution in [3.63, 3.8) is 0 Å². The van der Waals surface area contributed by atoms with Crippen LogP contribution < -0.4 is 0 Å². The van der Waals surface area contributed by atoms with E-state index in [-0.39, 0.29) is 16.9 Å². The molecule has 1 amide bonds. The lowest BCUT2D eigenvalue weighted by atomic mass is 10.1. The quantitative estimate of drug-likeness (QED) is 0.784. The SMILES string of the molecule is CC(=O)SCC1CC(=O)N([C@@H](C)C(=O)O)C1. The third kappa shape index (κ3) is 3.23. The standard InChI is InChI=1S/C10H15NO4S/c1-6(10(14)15)11-4-8(3-9(11)13)5-16-7(2)12/h6,8H,3-5H2,1-2H3,(H,14,15)/t6-,8?/m0/s1. The van der Waals surface area contributed by atoms with Crippen LogP contribution in [0, 0.1) is 5.92 Å². The number of hydrogen-bond acceptors (Lipinski definition) is 4. The minimum absolute atomic E-state index is 0.0252. The highest BCUT2D eigenvalue weighted by Gasteiger charge is 2.35. The zero-order chi connectivity index (χ0) is 12.3. The first-order chi connectivity index (χ1) is 7.41. The van der Waals surface area contributed by atoms with Gasteiger partial charge in [0, 0.05) is 25.6 Å². The molecule has 1 rings (SSSR count). The molecule has 1 aliphatic heterocycles. The van der Waals surface area contributed by atoms with E-state index in [9.17, 15) is 14.4 Å². The molecule has 1 aliphatic rings. The molecule has 0 spiro atoms. The summed E-state index contributed by atoms with van der Waals surface area (Å²) in [6.45, 7) is 3.42. The van der Waals surface area contributed by atoms with Gasteiger partial charge in [-0.25, -0.2) is 4.79 Å². The van der Waals surface area contributed by atoms with Crippen molar-refractivity contribution >= 4 is 28.8 Å². The van der Waals surface area contributed by atoms with Crippen molar-refractivity contribution in [1.29, 1.82) is 0 Å². The third-order valence-corrected chi connectivity index (χ3v) is 3.63. The number of carbonyl (C=O) groups excluding carboxylic acids is 2. The fourth-order valence-electron chi connectivity index (χ4n) is 1.66. The minimum Gasteiger partial charge on any atom is -0.480 e. The number of aliphatic carboxylic acids is 1. The maximum absolute atomic E-state index is 11.5. The second-order valence-corrected chi connectivity index (χ2v) is 5.13. The number of thioether (sulfide) groups is 1. The van der Waals surface area contributed by atoms with Gasteiger partial charge in [-0.05, 0) is 12.8 Å². The molecule has 5 nitrogen and oxygen atoms in total. The van der Waals surface area contributed by atoms with Crippen LogP contribution in [0.25, 0.3) is 0 Å². The van der Waals surface area contributed by atoms with E-state index in [1.165, 1.54) is 30.5 Å². The van der Waals surface area contributed by atoms with Crippen LogP contribution in [0.3, 0.4) is 0 Å². The lowest BCUT2D eigenvalue weighted by molar-refractivity contribution is -0.147. The fraction of sp³-hybridized carbons (Fsp3) is 0.700. The zero-order valence-electron chi connectivity index (χ0n) is 9.30. The van der Waals surface area contributed by atoms with Crippen LogP contribution in [-0.2, 0) is 14.4 Å². The summed E-state index contributed by atoms with van der Waals surface area (Å²) in [4.78, 5) is 34.4. The van der Waals surface area contributed by atoms with Crippen LogP contribution in [-0.4, -0.2) is 45.3 Å².